The van der Waals surface area contributed by atoms with E-state index in [1.807, 2.05) is 25.1 Å². The largest absolute Gasteiger partial charge is 0.383 e. The van der Waals surface area contributed by atoms with Crippen molar-refractivity contribution in [2.45, 2.75) is 19.8 Å². The first kappa shape index (κ1) is 16.3. The SMILES string of the molecule is COCCNC(=O)CNc1cccc(NC(=O)C2CC2)c1C. The Hall–Kier alpha value is -2.08. The molecular formula is C16H23N3O3. The number of nitrogens with one attached hydrogen (secondary N) is 3. The zero-order valence-corrected chi connectivity index (χ0v) is 13.1. The van der Waals surface area contributed by atoms with Gasteiger partial charge in [0.2, 0.25) is 11.8 Å². The smallest absolute Gasteiger partial charge is 0.239 e. The van der Waals surface area contributed by atoms with E-state index in [1.165, 1.54) is 0 Å². The van der Waals surface area contributed by atoms with Crippen molar-refractivity contribution in [2.24, 2.45) is 5.92 Å². The van der Waals surface area contributed by atoms with Gasteiger partial charge in [0.15, 0.2) is 0 Å². The molecule has 1 aliphatic carbocycles. The highest BCUT2D eigenvalue weighted by Crippen LogP contribution is 2.31. The first-order valence-corrected chi connectivity index (χ1v) is 7.52. The number of hydrogen-bond acceptors (Lipinski definition) is 4. The van der Waals surface area contributed by atoms with Crippen molar-refractivity contribution in [3.05, 3.63) is 23.8 Å². The van der Waals surface area contributed by atoms with Crippen molar-refractivity contribution in [1.82, 2.24) is 5.32 Å². The summed E-state index contributed by atoms with van der Waals surface area (Å²) in [4.78, 5) is 23.5. The van der Waals surface area contributed by atoms with E-state index in [0.717, 1.165) is 29.8 Å². The molecule has 1 aliphatic rings. The van der Waals surface area contributed by atoms with Crippen LogP contribution in [0.25, 0.3) is 0 Å². The summed E-state index contributed by atoms with van der Waals surface area (Å²) < 4.78 is 4.88. The second kappa shape index (κ2) is 7.79. The molecule has 0 unspecified atom stereocenters. The molecule has 0 heterocycles. The molecule has 1 aromatic rings. The van der Waals surface area contributed by atoms with Gasteiger partial charge in [0.05, 0.1) is 13.2 Å². The van der Waals surface area contributed by atoms with Gasteiger partial charge >= 0.3 is 0 Å². The lowest BCUT2D eigenvalue weighted by atomic mass is 10.1. The van der Waals surface area contributed by atoms with Crippen LogP contribution in [-0.2, 0) is 14.3 Å². The van der Waals surface area contributed by atoms with Crippen LogP contribution in [0.1, 0.15) is 18.4 Å². The molecule has 0 radical (unpaired) electrons. The van der Waals surface area contributed by atoms with E-state index in [9.17, 15) is 9.59 Å². The van der Waals surface area contributed by atoms with E-state index >= 15 is 0 Å². The molecule has 3 N–H and O–H groups in total. The second-order valence-electron chi connectivity index (χ2n) is 5.44. The number of hydrogen-bond donors (Lipinski definition) is 3. The Bertz CT molecular complexity index is 541. The van der Waals surface area contributed by atoms with Gasteiger partial charge in [-0.15, -0.1) is 0 Å². The number of methoxy groups -OCH3 is 1. The lowest BCUT2D eigenvalue weighted by molar-refractivity contribution is -0.119. The van der Waals surface area contributed by atoms with E-state index in [4.69, 9.17) is 4.74 Å². The van der Waals surface area contributed by atoms with Crippen molar-refractivity contribution in [1.29, 1.82) is 0 Å². The Morgan fingerprint density at radius 1 is 1.27 bits per heavy atom. The minimum Gasteiger partial charge on any atom is -0.383 e. The summed E-state index contributed by atoms with van der Waals surface area (Å²) >= 11 is 0. The third-order valence-corrected chi connectivity index (χ3v) is 3.61. The summed E-state index contributed by atoms with van der Waals surface area (Å²) in [7, 11) is 1.59. The van der Waals surface area contributed by atoms with Gasteiger partial charge in [-0.1, -0.05) is 6.07 Å². The molecule has 22 heavy (non-hydrogen) atoms. The molecular weight excluding hydrogens is 282 g/mol. The van der Waals surface area contributed by atoms with Gasteiger partial charge < -0.3 is 20.7 Å². The molecule has 0 aromatic heterocycles. The predicted molar refractivity (Wildman–Crippen MR) is 85.9 cm³/mol. The summed E-state index contributed by atoms with van der Waals surface area (Å²) in [6.07, 6.45) is 1.95. The number of amides is 2. The van der Waals surface area contributed by atoms with Gasteiger partial charge in [0, 0.05) is 30.9 Å². The van der Waals surface area contributed by atoms with E-state index < -0.39 is 0 Å². The maximum absolute atomic E-state index is 11.8. The van der Waals surface area contributed by atoms with Gasteiger partial charge in [-0.3, -0.25) is 9.59 Å². The Kier molecular flexibility index (Phi) is 5.77. The van der Waals surface area contributed by atoms with Gasteiger partial charge in [0.25, 0.3) is 0 Å². The summed E-state index contributed by atoms with van der Waals surface area (Å²) in [5.41, 5.74) is 2.57. The average molecular weight is 305 g/mol. The standard InChI is InChI=1S/C16H23N3O3/c1-11-13(18-10-15(20)17-8-9-22-2)4-3-5-14(11)19-16(21)12-6-7-12/h3-5,12,18H,6-10H2,1-2H3,(H,17,20)(H,19,21). The molecule has 1 aromatic carbocycles. The molecule has 6 nitrogen and oxygen atoms in total. The van der Waals surface area contributed by atoms with Crippen LogP contribution in [0.15, 0.2) is 18.2 Å². The average Bonchev–Trinajstić information content (AvgIpc) is 3.33. The fraction of sp³-hybridized carbons (Fsp3) is 0.500. The summed E-state index contributed by atoms with van der Waals surface area (Å²) in [5.74, 6) is 0.156. The molecule has 0 bridgehead atoms. The van der Waals surface area contributed by atoms with Crippen LogP contribution in [0.2, 0.25) is 0 Å². The minimum atomic E-state index is -0.0936. The molecule has 0 saturated heterocycles. The third kappa shape index (κ3) is 4.73. The molecule has 0 aliphatic heterocycles. The molecule has 2 rings (SSSR count). The van der Waals surface area contributed by atoms with Crippen LogP contribution >= 0.6 is 0 Å². The van der Waals surface area contributed by atoms with Gasteiger partial charge in [-0.25, -0.2) is 0 Å². The van der Waals surface area contributed by atoms with Gasteiger partial charge in [-0.2, -0.15) is 0 Å². The highest BCUT2D eigenvalue weighted by Gasteiger charge is 2.29. The maximum atomic E-state index is 11.8. The van der Waals surface area contributed by atoms with Crippen LogP contribution in [0, 0.1) is 12.8 Å². The fourth-order valence-corrected chi connectivity index (χ4v) is 2.07. The van der Waals surface area contributed by atoms with Crippen molar-refractivity contribution in [3.8, 4) is 0 Å². The Morgan fingerprint density at radius 3 is 2.68 bits per heavy atom. The first-order valence-electron chi connectivity index (χ1n) is 7.52. The molecule has 2 amide bonds. The summed E-state index contributed by atoms with van der Waals surface area (Å²) in [6.45, 7) is 3.10. The van der Waals surface area contributed by atoms with E-state index in [2.05, 4.69) is 16.0 Å². The highest BCUT2D eigenvalue weighted by atomic mass is 16.5. The Morgan fingerprint density at radius 2 is 2.00 bits per heavy atom. The topological polar surface area (TPSA) is 79.5 Å². The number of rotatable bonds is 8. The normalized spacial score (nSPS) is 13.5. The number of benzene rings is 1. The molecule has 1 fully saturated rings. The summed E-state index contributed by atoms with van der Waals surface area (Å²) in [5, 5.41) is 8.79. The van der Waals surface area contributed by atoms with Crippen LogP contribution < -0.4 is 16.0 Å². The Balaban J connectivity index is 1.88. The van der Waals surface area contributed by atoms with Crippen LogP contribution in [0.5, 0.6) is 0 Å². The fourth-order valence-electron chi connectivity index (χ4n) is 2.07. The maximum Gasteiger partial charge on any atom is 0.239 e. The van der Waals surface area contributed by atoms with Crippen molar-refractivity contribution in [3.63, 3.8) is 0 Å². The minimum absolute atomic E-state index is 0.0811. The molecule has 1 saturated carbocycles. The van der Waals surface area contributed by atoms with Crippen molar-refractivity contribution in [2.75, 3.05) is 37.4 Å². The highest BCUT2D eigenvalue weighted by molar-refractivity contribution is 5.95. The zero-order chi connectivity index (χ0) is 15.9. The molecule has 120 valence electrons. The lowest BCUT2D eigenvalue weighted by Crippen LogP contribution is -2.32. The monoisotopic (exact) mass is 305 g/mol. The van der Waals surface area contributed by atoms with Crippen molar-refractivity contribution < 1.29 is 14.3 Å². The first-order chi connectivity index (χ1) is 10.6. The van der Waals surface area contributed by atoms with Gasteiger partial charge in [0.1, 0.15) is 0 Å². The third-order valence-electron chi connectivity index (χ3n) is 3.61. The predicted octanol–water partition coefficient (Wildman–Crippen LogP) is 1.52. The Labute approximate surface area is 130 Å². The van der Waals surface area contributed by atoms with Crippen molar-refractivity contribution >= 4 is 23.2 Å². The van der Waals surface area contributed by atoms with Crippen LogP contribution in [0.4, 0.5) is 11.4 Å². The van der Waals surface area contributed by atoms with E-state index in [0.29, 0.717) is 13.2 Å². The molecule has 6 heteroatoms. The number of carbonyl (C=O) groups excluding carboxylic acids is 2. The quantitative estimate of drug-likeness (QED) is 0.636. The van der Waals surface area contributed by atoms with Crippen LogP contribution in [0.3, 0.4) is 0 Å². The molecule has 0 atom stereocenters. The van der Waals surface area contributed by atoms with E-state index in [1.54, 1.807) is 7.11 Å². The number of anilines is 2. The van der Waals surface area contributed by atoms with E-state index in [-0.39, 0.29) is 24.3 Å². The zero-order valence-electron chi connectivity index (χ0n) is 13.1. The summed E-state index contributed by atoms with van der Waals surface area (Å²) in [6, 6.07) is 5.63. The van der Waals surface area contributed by atoms with Crippen LogP contribution in [-0.4, -0.2) is 38.6 Å². The molecule has 0 spiro atoms. The second-order valence-corrected chi connectivity index (χ2v) is 5.44. The lowest BCUT2D eigenvalue weighted by Gasteiger charge is -2.14. The number of carbonyl (C=O) groups is 2. The van der Waals surface area contributed by atoms with Gasteiger partial charge in [-0.05, 0) is 37.5 Å². The number of ether oxygens (including phenoxy) is 1.